The first kappa shape index (κ1) is 11.0. The Morgan fingerprint density at radius 3 is 2.27 bits per heavy atom. The zero-order valence-electron chi connectivity index (χ0n) is 8.47. The van der Waals surface area contributed by atoms with Crippen LogP contribution in [-0.4, -0.2) is 16.0 Å². The Labute approximate surface area is 88.1 Å². The third kappa shape index (κ3) is 4.08. The molecule has 2 rings (SSSR count). The molecular formula is C11H13N3O. The first-order valence-corrected chi connectivity index (χ1v) is 4.50. The summed E-state index contributed by atoms with van der Waals surface area (Å²) in [6.45, 7) is 1.56. The Morgan fingerprint density at radius 2 is 2.00 bits per heavy atom. The molecule has 0 aliphatic rings. The summed E-state index contributed by atoms with van der Waals surface area (Å²) in [5.41, 5.74) is 6.64. The highest BCUT2D eigenvalue weighted by atomic mass is 16.1. The summed E-state index contributed by atoms with van der Waals surface area (Å²) in [4.78, 5) is 10.6. The second-order valence-corrected chi connectivity index (χ2v) is 2.95. The fraction of sp³-hybridized carbons (Fsp3) is 0.0909. The van der Waals surface area contributed by atoms with Crippen molar-refractivity contribution in [1.29, 1.82) is 0 Å². The molecule has 4 heteroatoms. The molecule has 0 atom stereocenters. The van der Waals surface area contributed by atoms with Crippen LogP contribution in [-0.2, 0) is 0 Å². The lowest BCUT2D eigenvalue weighted by Crippen LogP contribution is -1.88. The van der Waals surface area contributed by atoms with Gasteiger partial charge in [0.15, 0.2) is 5.78 Å². The molecule has 3 N–H and O–H groups in total. The third-order valence-electron chi connectivity index (χ3n) is 1.70. The van der Waals surface area contributed by atoms with Gasteiger partial charge in [0.25, 0.3) is 0 Å². The van der Waals surface area contributed by atoms with Crippen LogP contribution in [0.3, 0.4) is 0 Å². The molecule has 0 aliphatic heterocycles. The minimum atomic E-state index is 0.121. The lowest BCUT2D eigenvalue weighted by molar-refractivity contribution is 0.101. The minimum absolute atomic E-state index is 0.121. The molecule has 0 fully saturated rings. The predicted octanol–water partition coefficient (Wildman–Crippen LogP) is 1.88. The fourth-order valence-electron chi connectivity index (χ4n) is 0.934. The normalized spacial score (nSPS) is 8.87. The van der Waals surface area contributed by atoms with E-state index in [2.05, 4.69) is 10.2 Å². The van der Waals surface area contributed by atoms with Gasteiger partial charge in [-0.15, -0.1) is 0 Å². The van der Waals surface area contributed by atoms with Crippen molar-refractivity contribution in [2.75, 3.05) is 5.73 Å². The zero-order valence-corrected chi connectivity index (χ0v) is 8.47. The van der Waals surface area contributed by atoms with E-state index in [-0.39, 0.29) is 5.78 Å². The van der Waals surface area contributed by atoms with E-state index in [0.717, 1.165) is 5.56 Å². The van der Waals surface area contributed by atoms with E-state index < -0.39 is 0 Å². The molecule has 0 spiro atoms. The summed E-state index contributed by atoms with van der Waals surface area (Å²) in [7, 11) is 0. The lowest BCUT2D eigenvalue weighted by atomic mass is 10.2. The molecular weight excluding hydrogens is 190 g/mol. The van der Waals surface area contributed by atoms with Crippen LogP contribution in [0.5, 0.6) is 0 Å². The molecule has 0 radical (unpaired) electrons. The number of benzene rings is 1. The SMILES string of the molecule is CC(=O)c1ccccc1.Nc1cn[nH]c1. The van der Waals surface area contributed by atoms with Crippen molar-refractivity contribution in [2.45, 2.75) is 6.92 Å². The third-order valence-corrected chi connectivity index (χ3v) is 1.70. The van der Waals surface area contributed by atoms with Gasteiger partial charge in [0.2, 0.25) is 0 Å². The van der Waals surface area contributed by atoms with Crippen molar-refractivity contribution < 1.29 is 4.79 Å². The van der Waals surface area contributed by atoms with Crippen LogP contribution in [0.4, 0.5) is 5.69 Å². The number of H-pyrrole nitrogens is 1. The second-order valence-electron chi connectivity index (χ2n) is 2.95. The molecule has 1 heterocycles. The molecule has 2 aromatic rings. The van der Waals surface area contributed by atoms with E-state index in [4.69, 9.17) is 5.73 Å². The van der Waals surface area contributed by atoms with Crippen LogP contribution in [0, 0.1) is 0 Å². The zero-order chi connectivity index (χ0) is 11.1. The van der Waals surface area contributed by atoms with Crippen LogP contribution in [0.15, 0.2) is 42.7 Å². The van der Waals surface area contributed by atoms with Crippen molar-refractivity contribution >= 4 is 11.5 Å². The summed E-state index contributed by atoms with van der Waals surface area (Å²) < 4.78 is 0. The van der Waals surface area contributed by atoms with Crippen molar-refractivity contribution in [3.05, 3.63) is 48.3 Å². The van der Waals surface area contributed by atoms with E-state index in [1.54, 1.807) is 19.3 Å². The van der Waals surface area contributed by atoms with E-state index in [9.17, 15) is 4.79 Å². The van der Waals surface area contributed by atoms with Crippen LogP contribution in [0.25, 0.3) is 0 Å². The quantitative estimate of drug-likeness (QED) is 0.695. The highest BCUT2D eigenvalue weighted by Crippen LogP contribution is 1.97. The molecule has 0 aliphatic carbocycles. The lowest BCUT2D eigenvalue weighted by Gasteiger charge is -1.89. The maximum Gasteiger partial charge on any atom is 0.159 e. The summed E-state index contributed by atoms with van der Waals surface area (Å²) in [6.07, 6.45) is 3.18. The number of nitrogens with two attached hydrogens (primary N) is 1. The number of nitrogens with one attached hydrogen (secondary N) is 1. The van der Waals surface area contributed by atoms with Crippen molar-refractivity contribution in [3.63, 3.8) is 0 Å². The van der Waals surface area contributed by atoms with E-state index in [1.807, 2.05) is 30.3 Å². The van der Waals surface area contributed by atoms with Crippen LogP contribution < -0.4 is 5.73 Å². The number of Topliss-reactive ketones (excluding diaryl/α,β-unsaturated/α-hetero) is 1. The van der Waals surface area contributed by atoms with E-state index in [1.165, 1.54) is 0 Å². The van der Waals surface area contributed by atoms with Crippen LogP contribution >= 0.6 is 0 Å². The Kier molecular flexibility index (Phi) is 4.09. The molecule has 4 nitrogen and oxygen atoms in total. The predicted molar refractivity (Wildman–Crippen MR) is 59.4 cm³/mol. The van der Waals surface area contributed by atoms with Gasteiger partial charge in [0, 0.05) is 11.8 Å². The fourth-order valence-corrected chi connectivity index (χ4v) is 0.934. The topological polar surface area (TPSA) is 71.8 Å². The number of anilines is 1. The standard InChI is InChI=1S/C8H8O.C3H5N3/c1-7(9)8-5-3-2-4-6-8;4-3-1-5-6-2-3/h2-6H,1H3;1-2H,4H2,(H,5,6). The Balaban J connectivity index is 0.000000162. The number of hydrogen-bond acceptors (Lipinski definition) is 3. The average molecular weight is 203 g/mol. The van der Waals surface area contributed by atoms with E-state index in [0.29, 0.717) is 5.69 Å². The molecule has 1 aromatic heterocycles. The van der Waals surface area contributed by atoms with Crippen molar-refractivity contribution in [3.8, 4) is 0 Å². The molecule has 15 heavy (non-hydrogen) atoms. The smallest absolute Gasteiger partial charge is 0.159 e. The van der Waals surface area contributed by atoms with Gasteiger partial charge in [0.1, 0.15) is 0 Å². The first-order valence-electron chi connectivity index (χ1n) is 4.50. The summed E-state index contributed by atoms with van der Waals surface area (Å²) >= 11 is 0. The molecule has 0 saturated heterocycles. The number of aromatic amines is 1. The monoisotopic (exact) mass is 203 g/mol. The van der Waals surface area contributed by atoms with Gasteiger partial charge < -0.3 is 5.73 Å². The van der Waals surface area contributed by atoms with Gasteiger partial charge in [0.05, 0.1) is 11.9 Å². The molecule has 0 unspecified atom stereocenters. The average Bonchev–Trinajstić information content (AvgIpc) is 2.71. The first-order chi connectivity index (χ1) is 7.20. The van der Waals surface area contributed by atoms with Crippen LogP contribution in [0.2, 0.25) is 0 Å². The second kappa shape index (κ2) is 5.59. The number of nitrogens with zero attached hydrogens (tertiary/aromatic N) is 1. The number of nitrogen functional groups attached to an aromatic ring is 1. The Bertz CT molecular complexity index is 395. The van der Waals surface area contributed by atoms with Crippen molar-refractivity contribution in [1.82, 2.24) is 10.2 Å². The highest BCUT2D eigenvalue weighted by molar-refractivity contribution is 5.93. The molecule has 1 aromatic carbocycles. The number of carbonyl (C=O) groups is 1. The maximum absolute atomic E-state index is 10.6. The maximum atomic E-state index is 10.6. The van der Waals surface area contributed by atoms with Gasteiger partial charge in [-0.3, -0.25) is 9.89 Å². The molecule has 0 amide bonds. The summed E-state index contributed by atoms with van der Waals surface area (Å²) in [5, 5.41) is 6.13. The van der Waals surface area contributed by atoms with Crippen molar-refractivity contribution in [2.24, 2.45) is 0 Å². The van der Waals surface area contributed by atoms with Gasteiger partial charge in [-0.25, -0.2) is 0 Å². The number of carbonyl (C=O) groups excluding carboxylic acids is 1. The van der Waals surface area contributed by atoms with Crippen LogP contribution in [0.1, 0.15) is 17.3 Å². The molecule has 78 valence electrons. The highest BCUT2D eigenvalue weighted by Gasteiger charge is 1.92. The minimum Gasteiger partial charge on any atom is -0.396 e. The van der Waals surface area contributed by atoms with Gasteiger partial charge in [-0.05, 0) is 6.92 Å². The number of rotatable bonds is 1. The van der Waals surface area contributed by atoms with Gasteiger partial charge in [-0.1, -0.05) is 30.3 Å². The largest absolute Gasteiger partial charge is 0.396 e. The molecule has 0 bridgehead atoms. The summed E-state index contributed by atoms with van der Waals surface area (Å²) in [6, 6.07) is 9.23. The Hall–Kier alpha value is -2.10. The van der Waals surface area contributed by atoms with Gasteiger partial charge in [-0.2, -0.15) is 5.10 Å². The number of aromatic nitrogens is 2. The molecule has 0 saturated carbocycles. The van der Waals surface area contributed by atoms with Gasteiger partial charge >= 0.3 is 0 Å². The number of ketones is 1. The van der Waals surface area contributed by atoms with E-state index >= 15 is 0 Å². The summed E-state index contributed by atoms with van der Waals surface area (Å²) in [5.74, 6) is 0.121. The number of hydrogen-bond donors (Lipinski definition) is 2. The Morgan fingerprint density at radius 1 is 1.33 bits per heavy atom.